The second-order valence-electron chi connectivity index (χ2n) is 2.78. The Bertz CT molecular complexity index is 169. The smallest absolute Gasteiger partial charge is 0.302 e. The van der Waals surface area contributed by atoms with Gasteiger partial charge in [-0.15, -0.1) is 24.8 Å². The van der Waals surface area contributed by atoms with Crippen molar-refractivity contribution < 1.29 is 18.5 Å². The van der Waals surface area contributed by atoms with Gasteiger partial charge in [0.05, 0.1) is 13.2 Å². The quantitative estimate of drug-likeness (QED) is 0.546. The molecule has 0 rings (SSSR count). The van der Waals surface area contributed by atoms with Crippen LogP contribution in [0.3, 0.4) is 0 Å². The topological polar surface area (TPSA) is 55.8 Å². The molecule has 0 fully saturated rings. The predicted octanol–water partition coefficient (Wildman–Crippen LogP) is 3.56. The normalized spacial score (nSPS) is 13.5. The van der Waals surface area contributed by atoms with E-state index in [9.17, 15) is 4.57 Å². The molecule has 0 aliphatic rings. The van der Waals surface area contributed by atoms with Crippen LogP contribution in [0.4, 0.5) is 0 Å². The number of phosphoric acid groups is 1. The van der Waals surface area contributed by atoms with Crippen LogP contribution in [0.5, 0.6) is 0 Å². The number of unbranched alkanes of at least 4 members (excludes halogenated alkanes) is 3. The first-order valence-corrected chi connectivity index (χ1v) is 6.23. The van der Waals surface area contributed by atoms with Crippen molar-refractivity contribution in [3.05, 3.63) is 0 Å². The van der Waals surface area contributed by atoms with Crippen molar-refractivity contribution in [3.63, 3.8) is 0 Å². The lowest BCUT2D eigenvalue weighted by Gasteiger charge is -2.09. The molecule has 0 amide bonds. The van der Waals surface area contributed by atoms with E-state index in [1.807, 2.05) is 0 Å². The molecule has 4 nitrogen and oxygen atoms in total. The van der Waals surface area contributed by atoms with Gasteiger partial charge in [-0.3, -0.25) is 9.05 Å². The molecule has 0 aromatic heterocycles. The maximum Gasteiger partial charge on any atom is 0.472 e. The van der Waals surface area contributed by atoms with E-state index in [0.717, 1.165) is 25.7 Å². The summed E-state index contributed by atoms with van der Waals surface area (Å²) in [6, 6.07) is 0. The van der Waals surface area contributed by atoms with Gasteiger partial charge in [-0.05, 0) is 13.3 Å². The molecule has 1 unspecified atom stereocenters. The Morgan fingerprint density at radius 3 is 2.13 bits per heavy atom. The Hall–Kier alpha value is 0.690. The third-order valence-corrected chi connectivity index (χ3v) is 2.64. The minimum absolute atomic E-state index is 0. The number of phosphoric ester groups is 1. The van der Waals surface area contributed by atoms with Gasteiger partial charge in [-0.2, -0.15) is 0 Å². The van der Waals surface area contributed by atoms with E-state index in [1.165, 1.54) is 0 Å². The van der Waals surface area contributed by atoms with E-state index >= 15 is 0 Å². The molecule has 0 saturated heterocycles. The van der Waals surface area contributed by atoms with Gasteiger partial charge in [-0.25, -0.2) is 4.57 Å². The van der Waals surface area contributed by atoms with Gasteiger partial charge in [0.15, 0.2) is 0 Å². The number of halogens is 2. The van der Waals surface area contributed by atoms with Crippen LogP contribution in [0, 0.1) is 0 Å². The molecule has 1 atom stereocenters. The first kappa shape index (κ1) is 21.0. The van der Waals surface area contributed by atoms with Crippen LogP contribution in [0.2, 0.25) is 0 Å². The molecule has 0 aromatic rings. The Morgan fingerprint density at radius 2 is 1.67 bits per heavy atom. The molecular weight excluding hydrogens is 262 g/mol. The van der Waals surface area contributed by atoms with Crippen LogP contribution >= 0.6 is 32.6 Å². The highest BCUT2D eigenvalue weighted by molar-refractivity contribution is 7.47. The molecule has 0 bridgehead atoms. The van der Waals surface area contributed by atoms with Crippen molar-refractivity contribution in [2.75, 3.05) is 13.2 Å². The second kappa shape index (κ2) is 12.8. The fourth-order valence-electron chi connectivity index (χ4n) is 0.909. The lowest BCUT2D eigenvalue weighted by molar-refractivity contribution is 0.153. The second-order valence-corrected chi connectivity index (χ2v) is 4.23. The molecule has 15 heavy (non-hydrogen) atoms. The average molecular weight is 283 g/mol. The van der Waals surface area contributed by atoms with E-state index in [0.29, 0.717) is 6.61 Å². The first-order valence-electron chi connectivity index (χ1n) is 4.74. The van der Waals surface area contributed by atoms with Crippen LogP contribution in [-0.4, -0.2) is 18.1 Å². The lowest BCUT2D eigenvalue weighted by Crippen LogP contribution is -1.96. The summed E-state index contributed by atoms with van der Waals surface area (Å²) in [4.78, 5) is 8.98. The van der Waals surface area contributed by atoms with E-state index in [2.05, 4.69) is 11.4 Å². The largest absolute Gasteiger partial charge is 0.472 e. The first-order chi connectivity index (χ1) is 6.12. The highest BCUT2D eigenvalue weighted by Crippen LogP contribution is 2.42. The van der Waals surface area contributed by atoms with Crippen molar-refractivity contribution in [2.45, 2.75) is 39.5 Å². The fourth-order valence-corrected chi connectivity index (χ4v) is 1.67. The van der Waals surface area contributed by atoms with Gasteiger partial charge < -0.3 is 4.89 Å². The molecule has 0 aliphatic carbocycles. The zero-order valence-electron chi connectivity index (χ0n) is 9.18. The number of hydrogen-bond donors (Lipinski definition) is 1. The maximum atomic E-state index is 11.0. The van der Waals surface area contributed by atoms with Crippen LogP contribution in [-0.2, 0) is 13.6 Å². The summed E-state index contributed by atoms with van der Waals surface area (Å²) in [5.41, 5.74) is 0. The number of rotatable bonds is 8. The summed E-state index contributed by atoms with van der Waals surface area (Å²) in [7, 11) is -3.74. The highest BCUT2D eigenvalue weighted by atomic mass is 35.5. The number of hydrogen-bond acceptors (Lipinski definition) is 3. The van der Waals surface area contributed by atoms with E-state index in [1.54, 1.807) is 6.92 Å². The SMILES string of the molecule is CCCCCCOP(=O)(O)OCC.Cl.Cl. The van der Waals surface area contributed by atoms with Crippen LogP contribution < -0.4 is 0 Å². The average Bonchev–Trinajstić information content (AvgIpc) is 2.04. The molecule has 0 aromatic carbocycles. The minimum Gasteiger partial charge on any atom is -0.302 e. The maximum absolute atomic E-state index is 11.0. The van der Waals surface area contributed by atoms with Crippen molar-refractivity contribution in [2.24, 2.45) is 0 Å². The monoisotopic (exact) mass is 282 g/mol. The van der Waals surface area contributed by atoms with E-state index < -0.39 is 7.82 Å². The molecule has 0 aliphatic heterocycles. The molecule has 7 heteroatoms. The summed E-state index contributed by atoms with van der Waals surface area (Å²) < 4.78 is 20.2. The Kier molecular flexibility index (Phi) is 17.9. The molecule has 0 heterocycles. The van der Waals surface area contributed by atoms with E-state index in [-0.39, 0.29) is 31.4 Å². The standard InChI is InChI=1S/C8H19O4P.2ClH/c1-3-5-6-7-8-12-13(9,10)11-4-2;;/h3-8H2,1-2H3,(H,9,10);2*1H. The summed E-state index contributed by atoms with van der Waals surface area (Å²) in [6.45, 7) is 4.26. The third kappa shape index (κ3) is 14.7. The zero-order valence-corrected chi connectivity index (χ0v) is 11.7. The fraction of sp³-hybridized carbons (Fsp3) is 1.00. The summed E-state index contributed by atoms with van der Waals surface area (Å²) in [5, 5.41) is 0. The molecule has 1 N–H and O–H groups in total. The summed E-state index contributed by atoms with van der Waals surface area (Å²) >= 11 is 0. The van der Waals surface area contributed by atoms with Gasteiger partial charge in [0.1, 0.15) is 0 Å². The van der Waals surface area contributed by atoms with Crippen LogP contribution in [0.25, 0.3) is 0 Å². The molecular formula is C8H21Cl2O4P. The predicted molar refractivity (Wildman–Crippen MR) is 66.0 cm³/mol. The van der Waals surface area contributed by atoms with Gasteiger partial charge in [-0.1, -0.05) is 26.2 Å². The van der Waals surface area contributed by atoms with Crippen molar-refractivity contribution in [3.8, 4) is 0 Å². The van der Waals surface area contributed by atoms with Crippen LogP contribution in [0.1, 0.15) is 39.5 Å². The van der Waals surface area contributed by atoms with Crippen molar-refractivity contribution >= 4 is 32.6 Å². The van der Waals surface area contributed by atoms with Gasteiger partial charge >= 0.3 is 7.82 Å². The Labute approximate surface area is 104 Å². The minimum atomic E-state index is -3.74. The third-order valence-electron chi connectivity index (χ3n) is 1.54. The highest BCUT2D eigenvalue weighted by Gasteiger charge is 2.18. The van der Waals surface area contributed by atoms with Crippen molar-refractivity contribution in [1.29, 1.82) is 0 Å². The Morgan fingerprint density at radius 1 is 1.07 bits per heavy atom. The summed E-state index contributed by atoms with van der Waals surface area (Å²) in [6.07, 6.45) is 4.12. The van der Waals surface area contributed by atoms with Gasteiger partial charge in [0, 0.05) is 0 Å². The molecule has 96 valence electrons. The van der Waals surface area contributed by atoms with E-state index in [4.69, 9.17) is 9.42 Å². The Balaban J connectivity index is -0.000000720. The van der Waals surface area contributed by atoms with Gasteiger partial charge in [0.2, 0.25) is 0 Å². The lowest BCUT2D eigenvalue weighted by atomic mass is 10.2. The van der Waals surface area contributed by atoms with Crippen LogP contribution in [0.15, 0.2) is 0 Å². The van der Waals surface area contributed by atoms with Crippen molar-refractivity contribution in [1.82, 2.24) is 0 Å². The van der Waals surface area contributed by atoms with Gasteiger partial charge in [0.25, 0.3) is 0 Å². The zero-order chi connectivity index (χ0) is 10.2. The molecule has 0 spiro atoms. The summed E-state index contributed by atoms with van der Waals surface area (Å²) in [5.74, 6) is 0. The molecule has 0 saturated carbocycles. The molecule has 0 radical (unpaired) electrons.